The molecule has 3 heteroatoms. The van der Waals surface area contributed by atoms with Gasteiger partial charge in [0.15, 0.2) is 0 Å². The molecule has 0 radical (unpaired) electrons. The van der Waals surface area contributed by atoms with Crippen molar-refractivity contribution >= 4 is 0 Å². The summed E-state index contributed by atoms with van der Waals surface area (Å²) in [5.41, 5.74) is 0. The van der Waals surface area contributed by atoms with Gasteiger partial charge in [-0.25, -0.2) is 0 Å². The largest absolute Gasteiger partial charge is 0.361 e. The lowest BCUT2D eigenvalue weighted by Gasteiger charge is -2.53. The van der Waals surface area contributed by atoms with Crippen molar-refractivity contribution in [1.29, 1.82) is 0 Å². The molecule has 0 unspecified atom stereocenters. The molecule has 0 amide bonds. The first kappa shape index (κ1) is 19.9. The molecule has 4 rings (SSSR count). The van der Waals surface area contributed by atoms with Crippen LogP contribution in [0.2, 0.25) is 0 Å². The highest BCUT2D eigenvalue weighted by Gasteiger charge is 2.62. The molecule has 0 aromatic heterocycles. The van der Waals surface area contributed by atoms with E-state index in [9.17, 15) is 8.78 Å². The first-order chi connectivity index (χ1) is 13.0. The topological polar surface area (TPSA) is 9.23 Å². The monoisotopic (exact) mass is 380 g/mol. The minimum atomic E-state index is -2.88. The number of hydrogen-bond acceptors (Lipinski definition) is 1. The highest BCUT2D eigenvalue weighted by Crippen LogP contribution is 2.55. The number of rotatable bonds is 4. The fraction of sp³-hybridized carbons (Fsp3) is 0.917. The van der Waals surface area contributed by atoms with Crippen LogP contribution in [0, 0.1) is 41.4 Å². The maximum Gasteiger partial charge on any atom is 0.361 e. The van der Waals surface area contributed by atoms with E-state index in [4.69, 9.17) is 4.74 Å². The minimum absolute atomic E-state index is 0.146. The van der Waals surface area contributed by atoms with E-state index in [-0.39, 0.29) is 12.0 Å². The lowest BCUT2D eigenvalue weighted by Crippen LogP contribution is -2.61. The van der Waals surface area contributed by atoms with Gasteiger partial charge in [0.05, 0.1) is 12.0 Å². The molecule has 4 aliphatic rings. The van der Waals surface area contributed by atoms with Gasteiger partial charge in [-0.1, -0.05) is 25.8 Å². The number of allylic oxidation sites excluding steroid dienone is 1. The predicted octanol–water partition coefficient (Wildman–Crippen LogP) is 7.22. The van der Waals surface area contributed by atoms with Crippen molar-refractivity contribution in [3.63, 3.8) is 0 Å². The molecule has 154 valence electrons. The molecule has 3 aliphatic carbocycles. The van der Waals surface area contributed by atoms with E-state index < -0.39 is 12.0 Å². The van der Waals surface area contributed by atoms with Crippen molar-refractivity contribution in [2.24, 2.45) is 41.4 Å². The van der Waals surface area contributed by atoms with Crippen LogP contribution in [-0.2, 0) is 4.74 Å². The molecule has 4 fully saturated rings. The Hall–Kier alpha value is -0.440. The van der Waals surface area contributed by atoms with Crippen molar-refractivity contribution in [2.75, 3.05) is 0 Å². The van der Waals surface area contributed by atoms with Crippen LogP contribution in [0.4, 0.5) is 8.78 Å². The van der Waals surface area contributed by atoms with E-state index in [0.29, 0.717) is 11.8 Å². The molecular weight excluding hydrogens is 342 g/mol. The summed E-state index contributed by atoms with van der Waals surface area (Å²) in [7, 11) is 0. The zero-order chi connectivity index (χ0) is 19.0. The zero-order valence-corrected chi connectivity index (χ0v) is 17.1. The Labute approximate surface area is 164 Å². The molecule has 0 aromatic carbocycles. The van der Waals surface area contributed by atoms with Gasteiger partial charge in [-0.2, -0.15) is 8.78 Å². The number of alkyl halides is 2. The second-order valence-electron chi connectivity index (χ2n) is 10.3. The standard InChI is InChI=1S/C24H38F2O/c1-3-17-6-10-20(11-7-17)22-23(27-24(22,25)26)21-14-12-19(13-15-21)18-8-4-16(2)5-9-18/h3,16-23H,1,4-15H2,2H3/t16?,17?,18?,19?,20?,21?,22-,23-/m0/s1. The second kappa shape index (κ2) is 8.13. The molecule has 1 saturated heterocycles. The molecule has 0 aromatic rings. The molecule has 1 nitrogen and oxygen atoms in total. The molecule has 0 bridgehead atoms. The Balaban J connectivity index is 1.30. The van der Waals surface area contributed by atoms with E-state index >= 15 is 0 Å². The Bertz CT molecular complexity index is 495. The van der Waals surface area contributed by atoms with Crippen molar-refractivity contribution in [3.8, 4) is 0 Å². The summed E-state index contributed by atoms with van der Waals surface area (Å²) in [6.07, 6.45) is 13.1. The first-order valence-electron chi connectivity index (χ1n) is 11.7. The summed E-state index contributed by atoms with van der Waals surface area (Å²) < 4.78 is 33.9. The van der Waals surface area contributed by atoms with Crippen molar-refractivity contribution < 1.29 is 13.5 Å². The van der Waals surface area contributed by atoms with Gasteiger partial charge in [-0.3, -0.25) is 0 Å². The Morgan fingerprint density at radius 2 is 1.22 bits per heavy atom. The van der Waals surface area contributed by atoms with Gasteiger partial charge in [-0.05, 0) is 99.7 Å². The quantitative estimate of drug-likeness (QED) is 0.468. The fourth-order valence-electron chi connectivity index (χ4n) is 6.83. The number of halogens is 2. The van der Waals surface area contributed by atoms with Crippen LogP contribution in [0.1, 0.15) is 84.0 Å². The summed E-state index contributed by atoms with van der Waals surface area (Å²) in [5, 5.41) is 0. The Morgan fingerprint density at radius 3 is 1.74 bits per heavy atom. The lowest BCUT2D eigenvalue weighted by atomic mass is 9.64. The highest BCUT2D eigenvalue weighted by molar-refractivity contribution is 4.99. The van der Waals surface area contributed by atoms with Crippen LogP contribution in [-0.4, -0.2) is 12.2 Å². The van der Waals surface area contributed by atoms with Crippen LogP contribution in [0.5, 0.6) is 0 Å². The number of hydrogen-bond donors (Lipinski definition) is 0. The molecule has 2 atom stereocenters. The third-order valence-electron chi connectivity index (χ3n) is 8.70. The van der Waals surface area contributed by atoms with Gasteiger partial charge in [0.1, 0.15) is 0 Å². The van der Waals surface area contributed by atoms with Crippen molar-refractivity contribution in [2.45, 2.75) is 96.2 Å². The first-order valence-corrected chi connectivity index (χ1v) is 11.7. The van der Waals surface area contributed by atoms with Crippen LogP contribution >= 0.6 is 0 Å². The van der Waals surface area contributed by atoms with Gasteiger partial charge in [-0.15, -0.1) is 6.58 Å². The van der Waals surface area contributed by atoms with E-state index in [1.807, 2.05) is 6.08 Å². The molecule has 1 heterocycles. The third-order valence-corrected chi connectivity index (χ3v) is 8.70. The van der Waals surface area contributed by atoms with Gasteiger partial charge in [0, 0.05) is 0 Å². The smallest absolute Gasteiger partial charge is 0.316 e. The van der Waals surface area contributed by atoms with E-state index in [1.54, 1.807) is 0 Å². The second-order valence-corrected chi connectivity index (χ2v) is 10.3. The summed E-state index contributed by atoms with van der Waals surface area (Å²) >= 11 is 0. The normalized spacial score (nSPS) is 47.8. The van der Waals surface area contributed by atoms with Crippen molar-refractivity contribution in [3.05, 3.63) is 12.7 Å². The van der Waals surface area contributed by atoms with E-state index in [2.05, 4.69) is 13.5 Å². The Kier molecular flexibility index (Phi) is 5.98. The third kappa shape index (κ3) is 4.14. The fourth-order valence-corrected chi connectivity index (χ4v) is 6.83. The molecule has 0 N–H and O–H groups in total. The lowest BCUT2D eigenvalue weighted by molar-refractivity contribution is -0.418. The van der Waals surface area contributed by atoms with Crippen LogP contribution in [0.3, 0.4) is 0 Å². The van der Waals surface area contributed by atoms with E-state index in [0.717, 1.165) is 56.3 Å². The maximum atomic E-state index is 14.3. The minimum Gasteiger partial charge on any atom is -0.316 e. The summed E-state index contributed by atoms with van der Waals surface area (Å²) in [4.78, 5) is 0. The van der Waals surface area contributed by atoms with Gasteiger partial charge >= 0.3 is 6.11 Å². The number of ether oxygens (including phenoxy) is 1. The molecule has 27 heavy (non-hydrogen) atoms. The summed E-state index contributed by atoms with van der Waals surface area (Å²) in [6, 6.07) is 0. The summed E-state index contributed by atoms with van der Waals surface area (Å²) in [6.45, 7) is 6.26. The average Bonchev–Trinajstić information content (AvgIpc) is 2.68. The molecule has 3 saturated carbocycles. The van der Waals surface area contributed by atoms with Gasteiger partial charge in [0.2, 0.25) is 0 Å². The molecular formula is C24H38F2O. The Morgan fingerprint density at radius 1 is 0.741 bits per heavy atom. The maximum absolute atomic E-state index is 14.3. The van der Waals surface area contributed by atoms with Crippen LogP contribution < -0.4 is 0 Å². The van der Waals surface area contributed by atoms with Gasteiger partial charge in [0.25, 0.3) is 0 Å². The van der Waals surface area contributed by atoms with Crippen LogP contribution in [0.25, 0.3) is 0 Å². The average molecular weight is 381 g/mol. The molecule has 0 spiro atoms. The van der Waals surface area contributed by atoms with E-state index in [1.165, 1.54) is 38.5 Å². The van der Waals surface area contributed by atoms with Crippen LogP contribution in [0.15, 0.2) is 12.7 Å². The zero-order valence-electron chi connectivity index (χ0n) is 17.1. The predicted molar refractivity (Wildman–Crippen MR) is 106 cm³/mol. The van der Waals surface area contributed by atoms with Crippen molar-refractivity contribution in [1.82, 2.24) is 0 Å². The molecule has 1 aliphatic heterocycles. The SMILES string of the molecule is C=CC1CCC([C@H]2[C@H](C3CCC(C4CCC(C)CC4)CC3)OC2(F)F)CC1. The highest BCUT2D eigenvalue weighted by atomic mass is 19.3. The summed E-state index contributed by atoms with van der Waals surface area (Å²) in [5.74, 6) is 3.16. The van der Waals surface area contributed by atoms with Gasteiger partial charge < -0.3 is 4.74 Å².